The monoisotopic (exact) mass is 143 g/mol. The molecule has 0 aliphatic carbocycles. The minimum absolute atomic E-state index is 0.509. The van der Waals surface area contributed by atoms with Crippen molar-refractivity contribution >= 4 is 6.47 Å². The van der Waals surface area contributed by atoms with Gasteiger partial charge in [0.1, 0.15) is 0 Å². The van der Waals surface area contributed by atoms with Crippen LogP contribution in [-0.2, 0) is 9.53 Å². The van der Waals surface area contributed by atoms with Gasteiger partial charge in [-0.25, -0.2) is 0 Å². The number of rotatable bonds is 4. The van der Waals surface area contributed by atoms with Crippen molar-refractivity contribution in [2.75, 3.05) is 13.2 Å². The normalized spacial score (nSPS) is 24.6. The van der Waals surface area contributed by atoms with Crippen molar-refractivity contribution in [1.82, 2.24) is 5.32 Å². The summed E-state index contributed by atoms with van der Waals surface area (Å²) in [7, 11) is 0. The molecule has 0 aromatic carbocycles. The van der Waals surface area contributed by atoms with Crippen LogP contribution in [0.3, 0.4) is 0 Å². The third-order valence-corrected chi connectivity index (χ3v) is 1.81. The fourth-order valence-electron chi connectivity index (χ4n) is 1.26. The van der Waals surface area contributed by atoms with Crippen LogP contribution >= 0.6 is 0 Å². The molecule has 1 N–H and O–H groups in total. The molecule has 0 aromatic rings. The molecule has 0 spiro atoms. The van der Waals surface area contributed by atoms with Crippen molar-refractivity contribution in [3.05, 3.63) is 0 Å². The zero-order chi connectivity index (χ0) is 7.23. The lowest BCUT2D eigenvalue weighted by Crippen LogP contribution is -2.22. The topological polar surface area (TPSA) is 38.3 Å². The Hall–Kier alpha value is -0.570. The van der Waals surface area contributed by atoms with Gasteiger partial charge in [0.25, 0.3) is 6.47 Å². The van der Waals surface area contributed by atoms with Crippen molar-refractivity contribution in [2.45, 2.75) is 25.3 Å². The van der Waals surface area contributed by atoms with Crippen LogP contribution in [0.2, 0.25) is 0 Å². The highest BCUT2D eigenvalue weighted by molar-refractivity contribution is 5.36. The van der Waals surface area contributed by atoms with Crippen molar-refractivity contribution in [2.24, 2.45) is 0 Å². The highest BCUT2D eigenvalue weighted by atomic mass is 16.5. The van der Waals surface area contributed by atoms with Gasteiger partial charge in [-0.1, -0.05) is 0 Å². The molecule has 1 aliphatic rings. The number of nitrogens with one attached hydrogen (secondary N) is 1. The Kier molecular flexibility index (Phi) is 3.22. The summed E-state index contributed by atoms with van der Waals surface area (Å²) in [5, 5.41) is 3.32. The summed E-state index contributed by atoms with van der Waals surface area (Å²) >= 11 is 0. The molecule has 1 rings (SSSR count). The summed E-state index contributed by atoms with van der Waals surface area (Å²) < 4.78 is 4.57. The van der Waals surface area contributed by atoms with Crippen molar-refractivity contribution in [3.63, 3.8) is 0 Å². The molecular formula is C7H13NO2. The molecule has 0 amide bonds. The molecule has 0 saturated carbocycles. The molecule has 1 saturated heterocycles. The smallest absolute Gasteiger partial charge is 0.293 e. The number of ether oxygens (including phenoxy) is 1. The minimum atomic E-state index is 0.509. The maximum atomic E-state index is 9.74. The van der Waals surface area contributed by atoms with E-state index in [0.717, 1.165) is 13.0 Å². The van der Waals surface area contributed by atoms with Crippen molar-refractivity contribution in [3.8, 4) is 0 Å². The first-order chi connectivity index (χ1) is 4.93. The van der Waals surface area contributed by atoms with E-state index in [-0.39, 0.29) is 0 Å². The van der Waals surface area contributed by atoms with E-state index in [1.54, 1.807) is 0 Å². The zero-order valence-corrected chi connectivity index (χ0v) is 6.01. The summed E-state index contributed by atoms with van der Waals surface area (Å²) in [6, 6.07) is 0.583. The predicted molar refractivity (Wildman–Crippen MR) is 37.7 cm³/mol. The maximum Gasteiger partial charge on any atom is 0.293 e. The third-order valence-electron chi connectivity index (χ3n) is 1.81. The summed E-state index contributed by atoms with van der Waals surface area (Å²) in [5.41, 5.74) is 0. The predicted octanol–water partition coefficient (Wildman–Crippen LogP) is 0.301. The average Bonchev–Trinajstić information content (AvgIpc) is 2.41. The van der Waals surface area contributed by atoms with Crippen LogP contribution in [0.4, 0.5) is 0 Å². The van der Waals surface area contributed by atoms with Gasteiger partial charge in [0, 0.05) is 6.04 Å². The molecule has 1 atom stereocenters. The molecule has 3 nitrogen and oxygen atoms in total. The summed E-state index contributed by atoms with van der Waals surface area (Å²) in [4.78, 5) is 9.74. The fourth-order valence-corrected chi connectivity index (χ4v) is 1.26. The lowest BCUT2D eigenvalue weighted by atomic mass is 10.2. The van der Waals surface area contributed by atoms with Gasteiger partial charge in [-0.15, -0.1) is 0 Å². The van der Waals surface area contributed by atoms with Crippen LogP contribution in [0.5, 0.6) is 0 Å². The highest BCUT2D eigenvalue weighted by Gasteiger charge is 2.12. The van der Waals surface area contributed by atoms with Gasteiger partial charge in [-0.3, -0.25) is 4.79 Å². The minimum Gasteiger partial charge on any atom is -0.468 e. The molecule has 1 aliphatic heterocycles. The first-order valence-corrected chi connectivity index (χ1v) is 3.72. The summed E-state index contributed by atoms with van der Waals surface area (Å²) in [6.45, 7) is 2.18. The molecule has 0 radical (unpaired) electrons. The van der Waals surface area contributed by atoms with E-state index < -0.39 is 0 Å². The van der Waals surface area contributed by atoms with Crippen LogP contribution in [-0.4, -0.2) is 25.7 Å². The quantitative estimate of drug-likeness (QED) is 0.454. The number of carbonyl (C=O) groups excluding carboxylic acids is 1. The molecule has 1 unspecified atom stereocenters. The fraction of sp³-hybridized carbons (Fsp3) is 0.857. The van der Waals surface area contributed by atoms with E-state index >= 15 is 0 Å². The molecule has 3 heteroatoms. The van der Waals surface area contributed by atoms with Gasteiger partial charge >= 0.3 is 0 Å². The highest BCUT2D eigenvalue weighted by Crippen LogP contribution is 2.07. The lowest BCUT2D eigenvalue weighted by Gasteiger charge is -2.07. The van der Waals surface area contributed by atoms with Crippen LogP contribution in [0.1, 0.15) is 19.3 Å². The second-order valence-electron chi connectivity index (χ2n) is 2.55. The summed E-state index contributed by atoms with van der Waals surface area (Å²) in [5.74, 6) is 0. The Labute approximate surface area is 60.7 Å². The molecular weight excluding hydrogens is 130 g/mol. The second kappa shape index (κ2) is 4.28. The lowest BCUT2D eigenvalue weighted by molar-refractivity contribution is -0.128. The number of carbonyl (C=O) groups is 1. The first kappa shape index (κ1) is 7.54. The van der Waals surface area contributed by atoms with Crippen molar-refractivity contribution < 1.29 is 9.53 Å². The van der Waals surface area contributed by atoms with Gasteiger partial charge in [0.05, 0.1) is 6.61 Å². The molecule has 58 valence electrons. The Morgan fingerprint density at radius 3 is 3.20 bits per heavy atom. The molecule has 1 heterocycles. The Bertz CT molecular complexity index is 99.8. The van der Waals surface area contributed by atoms with Gasteiger partial charge in [0.2, 0.25) is 0 Å². The maximum absolute atomic E-state index is 9.74. The van der Waals surface area contributed by atoms with E-state index in [0.29, 0.717) is 19.1 Å². The molecule has 0 bridgehead atoms. The Balaban J connectivity index is 1.96. The number of hydrogen-bond donors (Lipinski definition) is 1. The molecule has 0 aromatic heterocycles. The number of hydrogen-bond acceptors (Lipinski definition) is 3. The van der Waals surface area contributed by atoms with Crippen molar-refractivity contribution in [1.29, 1.82) is 0 Å². The van der Waals surface area contributed by atoms with E-state index in [9.17, 15) is 4.79 Å². The van der Waals surface area contributed by atoms with Crippen LogP contribution in [0, 0.1) is 0 Å². The van der Waals surface area contributed by atoms with Crippen LogP contribution in [0.25, 0.3) is 0 Å². The van der Waals surface area contributed by atoms with E-state index in [1.165, 1.54) is 12.8 Å². The van der Waals surface area contributed by atoms with Crippen LogP contribution in [0.15, 0.2) is 0 Å². The van der Waals surface area contributed by atoms with Gasteiger partial charge in [0.15, 0.2) is 0 Å². The Morgan fingerprint density at radius 2 is 2.60 bits per heavy atom. The molecule has 1 fully saturated rings. The zero-order valence-electron chi connectivity index (χ0n) is 6.01. The summed E-state index contributed by atoms with van der Waals surface area (Å²) in [6.07, 6.45) is 3.44. The molecule has 10 heavy (non-hydrogen) atoms. The van der Waals surface area contributed by atoms with Gasteiger partial charge < -0.3 is 10.1 Å². The van der Waals surface area contributed by atoms with Gasteiger partial charge in [-0.05, 0) is 25.8 Å². The van der Waals surface area contributed by atoms with E-state index in [4.69, 9.17) is 0 Å². The Morgan fingerprint density at radius 1 is 1.70 bits per heavy atom. The van der Waals surface area contributed by atoms with E-state index in [1.807, 2.05) is 0 Å². The standard InChI is InChI=1S/C7H13NO2/c9-6-10-5-3-7-2-1-4-8-7/h6-8H,1-5H2. The largest absolute Gasteiger partial charge is 0.468 e. The van der Waals surface area contributed by atoms with Crippen LogP contribution < -0.4 is 5.32 Å². The third kappa shape index (κ3) is 2.35. The van der Waals surface area contributed by atoms with E-state index in [2.05, 4.69) is 10.1 Å². The average molecular weight is 143 g/mol. The second-order valence-corrected chi connectivity index (χ2v) is 2.55. The SMILES string of the molecule is O=COCCC1CCCN1. The first-order valence-electron chi connectivity index (χ1n) is 3.72. The van der Waals surface area contributed by atoms with Gasteiger partial charge in [-0.2, -0.15) is 0 Å².